The summed E-state index contributed by atoms with van der Waals surface area (Å²) in [5, 5.41) is 7.56. The van der Waals surface area contributed by atoms with Gasteiger partial charge in [-0.2, -0.15) is 0 Å². The van der Waals surface area contributed by atoms with Crippen LogP contribution < -0.4 is 16.0 Å². The van der Waals surface area contributed by atoms with Gasteiger partial charge in [0.25, 0.3) is 0 Å². The van der Waals surface area contributed by atoms with Gasteiger partial charge in [0.05, 0.1) is 7.11 Å². The molecule has 0 aliphatic rings. The van der Waals surface area contributed by atoms with Crippen LogP contribution in [0.15, 0.2) is 43.0 Å². The predicted octanol–water partition coefficient (Wildman–Crippen LogP) is 1.04. The van der Waals surface area contributed by atoms with E-state index >= 15 is 0 Å². The Kier molecular flexibility index (Phi) is 11.2. The van der Waals surface area contributed by atoms with Crippen molar-refractivity contribution in [1.82, 2.24) is 16.0 Å². The van der Waals surface area contributed by atoms with Gasteiger partial charge in [-0.25, -0.2) is 4.79 Å². The molecule has 0 saturated carbocycles. The number of hydrogen-bond donors (Lipinski definition) is 3. The van der Waals surface area contributed by atoms with Crippen molar-refractivity contribution in [2.45, 2.75) is 31.9 Å². The summed E-state index contributed by atoms with van der Waals surface area (Å²) in [6.45, 7) is 3.54. The van der Waals surface area contributed by atoms with E-state index < -0.39 is 24.0 Å². The summed E-state index contributed by atoms with van der Waals surface area (Å²) in [5.74, 6) is -1.40. The number of nitrogens with one attached hydrogen (secondary N) is 3. The van der Waals surface area contributed by atoms with Gasteiger partial charge < -0.3 is 25.4 Å². The smallest absolute Gasteiger partial charge is 0.408 e. The third-order valence-electron chi connectivity index (χ3n) is 3.86. The Hall–Kier alpha value is -3.36. The Morgan fingerprint density at radius 1 is 1.10 bits per heavy atom. The van der Waals surface area contributed by atoms with Crippen LogP contribution in [0.1, 0.15) is 24.8 Å². The third kappa shape index (κ3) is 10.5. The van der Waals surface area contributed by atoms with Crippen molar-refractivity contribution >= 4 is 23.9 Å². The normalized spacial score (nSPS) is 10.9. The number of hydrogen-bond acceptors (Lipinski definition) is 6. The first kappa shape index (κ1) is 23.7. The number of unbranched alkanes of at least 4 members (excludes halogenated alkanes) is 1. The van der Waals surface area contributed by atoms with Crippen molar-refractivity contribution in [3.63, 3.8) is 0 Å². The second-order valence-electron chi connectivity index (χ2n) is 6.04. The quantitative estimate of drug-likeness (QED) is 0.271. The maximum absolute atomic E-state index is 12.3. The highest BCUT2D eigenvalue weighted by atomic mass is 16.5. The van der Waals surface area contributed by atoms with Crippen molar-refractivity contribution in [3.8, 4) is 0 Å². The fourth-order valence-electron chi connectivity index (χ4n) is 2.29. The van der Waals surface area contributed by atoms with Gasteiger partial charge in [0.15, 0.2) is 0 Å². The largest absolute Gasteiger partial charge is 0.468 e. The van der Waals surface area contributed by atoms with Gasteiger partial charge in [0.1, 0.15) is 19.2 Å². The maximum atomic E-state index is 12.3. The number of carbonyl (C=O) groups is 4. The molecular formula is C20H27N3O6. The number of benzene rings is 1. The standard InChI is InChI=1S/C20H27N3O6/c1-3-17(24)21-12-8-7-11-16(19(26)22-13-18(25)28-2)23-20(27)29-14-15-9-5-4-6-10-15/h3-6,9-10,16H,1,7-8,11-14H2,2H3,(H,21,24)(H,22,26)(H,23,27). The summed E-state index contributed by atoms with van der Waals surface area (Å²) in [6, 6.07) is 8.23. The van der Waals surface area contributed by atoms with Crippen LogP contribution >= 0.6 is 0 Å². The van der Waals surface area contributed by atoms with E-state index in [2.05, 4.69) is 27.3 Å². The Morgan fingerprint density at radius 3 is 2.48 bits per heavy atom. The number of amides is 3. The van der Waals surface area contributed by atoms with E-state index in [0.717, 1.165) is 5.56 Å². The molecule has 0 fully saturated rings. The van der Waals surface area contributed by atoms with Gasteiger partial charge in [-0.15, -0.1) is 0 Å². The lowest BCUT2D eigenvalue weighted by Gasteiger charge is -2.18. The molecule has 0 aliphatic carbocycles. The van der Waals surface area contributed by atoms with Crippen molar-refractivity contribution < 1.29 is 28.7 Å². The molecule has 1 aromatic rings. The molecule has 3 amide bonds. The second-order valence-corrected chi connectivity index (χ2v) is 6.04. The summed E-state index contributed by atoms with van der Waals surface area (Å²) >= 11 is 0. The van der Waals surface area contributed by atoms with Crippen molar-refractivity contribution in [1.29, 1.82) is 0 Å². The van der Waals surface area contributed by atoms with Crippen LogP contribution in [-0.2, 0) is 30.5 Å². The van der Waals surface area contributed by atoms with Crippen LogP contribution in [0.3, 0.4) is 0 Å². The fraction of sp³-hybridized carbons (Fsp3) is 0.400. The Balaban J connectivity index is 2.52. The van der Waals surface area contributed by atoms with Crippen molar-refractivity contribution in [2.75, 3.05) is 20.2 Å². The average molecular weight is 405 g/mol. The predicted molar refractivity (Wildman–Crippen MR) is 106 cm³/mol. The SMILES string of the molecule is C=CC(=O)NCCCCC(NC(=O)OCc1ccccc1)C(=O)NCC(=O)OC. The van der Waals surface area contributed by atoms with Gasteiger partial charge >= 0.3 is 12.1 Å². The van der Waals surface area contributed by atoms with Crippen LogP contribution in [0.5, 0.6) is 0 Å². The maximum Gasteiger partial charge on any atom is 0.408 e. The van der Waals surface area contributed by atoms with E-state index in [9.17, 15) is 19.2 Å². The molecular weight excluding hydrogens is 378 g/mol. The summed E-state index contributed by atoms with van der Waals surface area (Å²) in [4.78, 5) is 46.7. The third-order valence-corrected chi connectivity index (χ3v) is 3.86. The van der Waals surface area contributed by atoms with Crippen LogP contribution in [-0.4, -0.2) is 50.1 Å². The van der Waals surface area contributed by atoms with E-state index in [1.54, 1.807) is 0 Å². The van der Waals surface area contributed by atoms with Crippen molar-refractivity contribution in [2.24, 2.45) is 0 Å². The number of methoxy groups -OCH3 is 1. The number of alkyl carbamates (subject to hydrolysis) is 1. The van der Waals surface area contributed by atoms with Gasteiger partial charge in [0.2, 0.25) is 11.8 Å². The van der Waals surface area contributed by atoms with Crippen LogP contribution in [0.4, 0.5) is 4.79 Å². The van der Waals surface area contributed by atoms with Crippen LogP contribution in [0.2, 0.25) is 0 Å². The zero-order chi connectivity index (χ0) is 21.5. The minimum atomic E-state index is -0.891. The molecule has 0 aliphatic heterocycles. The lowest BCUT2D eigenvalue weighted by Crippen LogP contribution is -2.48. The molecule has 158 valence electrons. The van der Waals surface area contributed by atoms with Gasteiger partial charge in [0, 0.05) is 6.54 Å². The molecule has 0 radical (unpaired) electrons. The molecule has 0 saturated heterocycles. The van der Waals surface area contributed by atoms with Crippen molar-refractivity contribution in [3.05, 3.63) is 48.6 Å². The topological polar surface area (TPSA) is 123 Å². The molecule has 0 aromatic heterocycles. The van der Waals surface area contributed by atoms with E-state index in [0.29, 0.717) is 25.8 Å². The van der Waals surface area contributed by atoms with E-state index in [4.69, 9.17) is 4.74 Å². The molecule has 1 unspecified atom stereocenters. The summed E-state index contributed by atoms with van der Waals surface area (Å²) in [7, 11) is 1.21. The highest BCUT2D eigenvalue weighted by Crippen LogP contribution is 2.04. The number of rotatable bonds is 12. The lowest BCUT2D eigenvalue weighted by molar-refractivity contribution is -0.141. The number of esters is 1. The van der Waals surface area contributed by atoms with Crippen LogP contribution in [0, 0.1) is 0 Å². The summed E-state index contributed by atoms with van der Waals surface area (Å²) < 4.78 is 9.62. The Labute approximate surface area is 169 Å². The summed E-state index contributed by atoms with van der Waals surface area (Å²) in [5.41, 5.74) is 0.812. The van der Waals surface area contributed by atoms with Gasteiger partial charge in [-0.05, 0) is 30.9 Å². The molecule has 29 heavy (non-hydrogen) atoms. The number of carbonyl (C=O) groups excluding carboxylic acids is 4. The van der Waals surface area contributed by atoms with E-state index in [1.807, 2.05) is 30.3 Å². The first-order chi connectivity index (χ1) is 14.0. The van der Waals surface area contributed by atoms with E-state index in [-0.39, 0.29) is 19.1 Å². The zero-order valence-corrected chi connectivity index (χ0v) is 16.4. The fourth-order valence-corrected chi connectivity index (χ4v) is 2.29. The summed E-state index contributed by atoms with van der Waals surface area (Å²) in [6.07, 6.45) is 1.88. The first-order valence-corrected chi connectivity index (χ1v) is 9.18. The van der Waals surface area contributed by atoms with Crippen LogP contribution in [0.25, 0.3) is 0 Å². The molecule has 0 heterocycles. The molecule has 3 N–H and O–H groups in total. The minimum Gasteiger partial charge on any atom is -0.468 e. The molecule has 1 rings (SSSR count). The molecule has 0 bridgehead atoms. The first-order valence-electron chi connectivity index (χ1n) is 9.18. The molecule has 9 nitrogen and oxygen atoms in total. The second kappa shape index (κ2) is 13.8. The highest BCUT2D eigenvalue weighted by Gasteiger charge is 2.21. The van der Waals surface area contributed by atoms with E-state index in [1.165, 1.54) is 13.2 Å². The number of ether oxygens (including phenoxy) is 2. The molecule has 1 aromatic carbocycles. The Bertz CT molecular complexity index is 693. The molecule has 0 spiro atoms. The highest BCUT2D eigenvalue weighted by molar-refractivity contribution is 5.88. The minimum absolute atomic E-state index is 0.0662. The lowest BCUT2D eigenvalue weighted by atomic mass is 10.1. The Morgan fingerprint density at radius 2 is 1.83 bits per heavy atom. The monoisotopic (exact) mass is 405 g/mol. The van der Waals surface area contributed by atoms with Gasteiger partial charge in [-0.1, -0.05) is 36.9 Å². The molecule has 9 heteroatoms. The zero-order valence-electron chi connectivity index (χ0n) is 16.4. The average Bonchev–Trinajstić information content (AvgIpc) is 2.75. The van der Waals surface area contributed by atoms with Gasteiger partial charge in [-0.3, -0.25) is 14.4 Å². The molecule has 1 atom stereocenters.